The molecule has 142 valence electrons. The van der Waals surface area contributed by atoms with Crippen LogP contribution in [0.2, 0.25) is 0 Å². The number of para-hydroxylation sites is 2. The van der Waals surface area contributed by atoms with Crippen LogP contribution in [0.4, 0.5) is 0 Å². The predicted molar refractivity (Wildman–Crippen MR) is 110 cm³/mol. The largest absolute Gasteiger partial charge is 0.508 e. The number of benzene rings is 3. The van der Waals surface area contributed by atoms with Crippen LogP contribution in [0.3, 0.4) is 0 Å². The van der Waals surface area contributed by atoms with Crippen LogP contribution in [0.1, 0.15) is 29.6 Å². The van der Waals surface area contributed by atoms with Gasteiger partial charge in [-0.15, -0.1) is 0 Å². The maximum absolute atomic E-state index is 12.5. The molecule has 6 heteroatoms. The van der Waals surface area contributed by atoms with E-state index in [0.29, 0.717) is 5.56 Å². The molecule has 1 fully saturated rings. The van der Waals surface area contributed by atoms with Crippen molar-refractivity contribution in [2.75, 3.05) is 0 Å². The lowest BCUT2D eigenvalue weighted by Gasteiger charge is -2.28. The van der Waals surface area contributed by atoms with Gasteiger partial charge in [0, 0.05) is 18.1 Å². The van der Waals surface area contributed by atoms with Gasteiger partial charge in [-0.25, -0.2) is 5.43 Å². The summed E-state index contributed by atoms with van der Waals surface area (Å²) in [7, 11) is -1.05. The van der Waals surface area contributed by atoms with Gasteiger partial charge in [0.05, 0.1) is 5.78 Å². The van der Waals surface area contributed by atoms with Gasteiger partial charge in [-0.05, 0) is 25.4 Å². The monoisotopic (exact) mass is 392 g/mol. The van der Waals surface area contributed by atoms with Crippen molar-refractivity contribution in [3.8, 4) is 11.5 Å². The number of amides is 1. The van der Waals surface area contributed by atoms with E-state index >= 15 is 0 Å². The first-order valence-corrected chi connectivity index (χ1v) is 10.5. The number of nitrogens with zero attached hydrogens (tertiary/aromatic N) is 1. The van der Waals surface area contributed by atoms with Crippen LogP contribution in [0.15, 0.2) is 78.9 Å². The van der Waals surface area contributed by atoms with E-state index in [1.165, 1.54) is 6.92 Å². The molecule has 3 atom stereocenters. The summed E-state index contributed by atoms with van der Waals surface area (Å²) in [5.74, 6) is -0.436. The minimum atomic E-state index is -1.05. The smallest absolute Gasteiger partial charge is 0.234 e. The summed E-state index contributed by atoms with van der Waals surface area (Å²) in [5.41, 5.74) is 4.74. The fourth-order valence-electron chi connectivity index (χ4n) is 3.62. The number of phenolic OH excluding ortho intramolecular Hbond substituents is 2. The van der Waals surface area contributed by atoms with Crippen LogP contribution in [0, 0.1) is 0 Å². The van der Waals surface area contributed by atoms with Crippen molar-refractivity contribution in [2.24, 2.45) is 0 Å². The third kappa shape index (κ3) is 3.24. The highest BCUT2D eigenvalue weighted by atomic mass is 31.1. The fourth-order valence-corrected chi connectivity index (χ4v) is 6.76. The molecule has 3 aromatic rings. The van der Waals surface area contributed by atoms with E-state index < -0.39 is 7.92 Å². The third-order valence-electron chi connectivity index (χ3n) is 4.89. The number of hydrazine groups is 1. The van der Waals surface area contributed by atoms with Gasteiger partial charge in [0.15, 0.2) is 0 Å². The van der Waals surface area contributed by atoms with Gasteiger partial charge in [0.25, 0.3) is 0 Å². The van der Waals surface area contributed by atoms with Crippen LogP contribution in [-0.2, 0) is 4.79 Å². The first-order valence-electron chi connectivity index (χ1n) is 9.03. The molecule has 0 radical (unpaired) electrons. The second kappa shape index (κ2) is 7.63. The molecule has 0 aliphatic carbocycles. The lowest BCUT2D eigenvalue weighted by Crippen LogP contribution is -2.37. The Bertz CT molecular complexity index is 996. The maximum atomic E-state index is 12.5. The van der Waals surface area contributed by atoms with Crippen LogP contribution in [0.25, 0.3) is 0 Å². The number of carbonyl (C=O) groups is 1. The first kappa shape index (κ1) is 18.5. The average molecular weight is 392 g/mol. The highest BCUT2D eigenvalue weighted by molar-refractivity contribution is 7.66. The summed E-state index contributed by atoms with van der Waals surface area (Å²) in [4.78, 5) is 12.5. The average Bonchev–Trinajstić information content (AvgIpc) is 3.10. The van der Waals surface area contributed by atoms with Gasteiger partial charge >= 0.3 is 0 Å². The lowest BCUT2D eigenvalue weighted by molar-refractivity contribution is -0.132. The first-order chi connectivity index (χ1) is 13.6. The number of hydrogen-bond acceptors (Lipinski definition) is 4. The van der Waals surface area contributed by atoms with Crippen molar-refractivity contribution in [3.05, 3.63) is 90.0 Å². The molecule has 1 aliphatic heterocycles. The van der Waals surface area contributed by atoms with E-state index in [9.17, 15) is 15.0 Å². The SMILES string of the molecule is CC(=O)N1N[C@H](c2ccccc2O)[P@](c2ccccc2)[C@H]1c1ccccc1O. The standard InChI is InChI=1S/C22H21N2O3P/c1-15(25)24-22(18-12-6-8-14-20(18)27)28(16-9-3-2-4-10-16)21(23-24)17-11-5-7-13-19(17)26/h2-14,21-23,26-27H,1H3/t21-,22-,28-/m0/s1. The molecule has 1 heterocycles. The van der Waals surface area contributed by atoms with Crippen molar-refractivity contribution in [2.45, 2.75) is 18.5 Å². The number of phenols is 2. The van der Waals surface area contributed by atoms with E-state index in [1.54, 1.807) is 29.3 Å². The number of rotatable bonds is 3. The Balaban J connectivity index is 1.92. The molecule has 0 unspecified atom stereocenters. The molecule has 5 nitrogen and oxygen atoms in total. The number of hydrogen-bond donors (Lipinski definition) is 3. The van der Waals surface area contributed by atoms with Gasteiger partial charge < -0.3 is 10.2 Å². The van der Waals surface area contributed by atoms with Crippen LogP contribution >= 0.6 is 7.92 Å². The van der Waals surface area contributed by atoms with E-state index in [0.717, 1.165) is 10.9 Å². The quantitative estimate of drug-likeness (QED) is 0.590. The normalized spacial score (nSPS) is 21.6. The summed E-state index contributed by atoms with van der Waals surface area (Å²) in [6.45, 7) is 1.51. The Labute approximate surface area is 165 Å². The van der Waals surface area contributed by atoms with Gasteiger partial charge in [-0.1, -0.05) is 66.7 Å². The molecule has 1 saturated heterocycles. The summed E-state index contributed by atoms with van der Waals surface area (Å²) in [6, 6.07) is 24.3. The number of aromatic hydroxyl groups is 2. The molecule has 0 aromatic heterocycles. The molecule has 3 aromatic carbocycles. The third-order valence-corrected chi connectivity index (χ3v) is 7.77. The highest BCUT2D eigenvalue weighted by Crippen LogP contribution is 2.66. The van der Waals surface area contributed by atoms with Crippen LogP contribution < -0.4 is 10.7 Å². The summed E-state index contributed by atoms with van der Waals surface area (Å²) >= 11 is 0. The summed E-state index contributed by atoms with van der Waals surface area (Å²) in [5, 5.41) is 23.7. The maximum Gasteiger partial charge on any atom is 0.234 e. The van der Waals surface area contributed by atoms with Crippen molar-refractivity contribution < 1.29 is 15.0 Å². The van der Waals surface area contributed by atoms with Gasteiger partial charge in [-0.3, -0.25) is 9.80 Å². The molecule has 0 bridgehead atoms. The number of carbonyl (C=O) groups excluding carboxylic acids is 1. The van der Waals surface area contributed by atoms with Gasteiger partial charge in [0.2, 0.25) is 5.91 Å². The zero-order valence-corrected chi connectivity index (χ0v) is 16.3. The molecular weight excluding hydrogens is 371 g/mol. The van der Waals surface area contributed by atoms with Gasteiger partial charge in [-0.2, -0.15) is 0 Å². The van der Waals surface area contributed by atoms with E-state index in [4.69, 9.17) is 0 Å². The van der Waals surface area contributed by atoms with Gasteiger partial charge in [0.1, 0.15) is 17.3 Å². The minimum Gasteiger partial charge on any atom is -0.508 e. The Kier molecular flexibility index (Phi) is 5.03. The molecule has 0 saturated carbocycles. The Morgan fingerprint density at radius 3 is 1.96 bits per heavy atom. The van der Waals surface area contributed by atoms with Crippen molar-refractivity contribution in [1.29, 1.82) is 0 Å². The molecule has 28 heavy (non-hydrogen) atoms. The Morgan fingerprint density at radius 2 is 1.39 bits per heavy atom. The zero-order chi connectivity index (χ0) is 19.7. The summed E-state index contributed by atoms with van der Waals surface area (Å²) in [6.07, 6.45) is 0. The molecular formula is C22H21N2O3P. The van der Waals surface area contributed by atoms with E-state index in [1.807, 2.05) is 54.6 Å². The molecule has 3 N–H and O–H groups in total. The zero-order valence-electron chi connectivity index (χ0n) is 15.4. The summed E-state index contributed by atoms with van der Waals surface area (Å²) < 4.78 is 0. The van der Waals surface area contributed by atoms with Crippen molar-refractivity contribution in [3.63, 3.8) is 0 Å². The molecule has 1 amide bonds. The lowest BCUT2D eigenvalue weighted by atomic mass is 10.2. The highest BCUT2D eigenvalue weighted by Gasteiger charge is 2.46. The second-order valence-corrected chi connectivity index (χ2v) is 8.99. The minimum absolute atomic E-state index is 0.144. The molecule has 4 rings (SSSR count). The van der Waals surface area contributed by atoms with E-state index in [2.05, 4.69) is 5.43 Å². The Morgan fingerprint density at radius 1 is 0.857 bits per heavy atom. The fraction of sp³-hybridized carbons (Fsp3) is 0.136. The van der Waals surface area contributed by atoms with E-state index in [-0.39, 0.29) is 29.0 Å². The van der Waals surface area contributed by atoms with Crippen LogP contribution in [-0.4, -0.2) is 21.1 Å². The van der Waals surface area contributed by atoms with Crippen molar-refractivity contribution in [1.82, 2.24) is 10.4 Å². The second-order valence-electron chi connectivity index (χ2n) is 6.65. The predicted octanol–water partition coefficient (Wildman–Crippen LogP) is 3.97. The van der Waals surface area contributed by atoms with Crippen molar-refractivity contribution >= 4 is 19.1 Å². The Hall–Kier alpha value is -2.88. The van der Waals surface area contributed by atoms with Crippen LogP contribution in [0.5, 0.6) is 11.5 Å². The molecule has 0 spiro atoms. The topological polar surface area (TPSA) is 72.8 Å². The number of nitrogens with one attached hydrogen (secondary N) is 1. The molecule has 1 aliphatic rings.